The molecule has 0 radical (unpaired) electrons. The van der Waals surface area contributed by atoms with Crippen molar-refractivity contribution in [1.82, 2.24) is 19.8 Å². The molecule has 0 saturated carbocycles. The topological polar surface area (TPSA) is 88.3 Å². The maximum atomic E-state index is 12.6. The van der Waals surface area contributed by atoms with E-state index in [1.165, 1.54) is 12.1 Å². The predicted molar refractivity (Wildman–Crippen MR) is 110 cm³/mol. The van der Waals surface area contributed by atoms with Gasteiger partial charge in [-0.05, 0) is 44.7 Å². The molecule has 1 saturated heterocycles. The molecule has 1 aliphatic heterocycles. The molecule has 2 heterocycles. The first kappa shape index (κ1) is 20.0. The van der Waals surface area contributed by atoms with Crippen molar-refractivity contribution in [3.05, 3.63) is 65.0 Å². The van der Waals surface area contributed by atoms with E-state index in [1.54, 1.807) is 12.1 Å². The second kappa shape index (κ2) is 7.87. The van der Waals surface area contributed by atoms with Crippen molar-refractivity contribution in [3.63, 3.8) is 0 Å². The van der Waals surface area contributed by atoms with Crippen LogP contribution < -0.4 is 4.72 Å². The Morgan fingerprint density at radius 1 is 1.14 bits per heavy atom. The van der Waals surface area contributed by atoms with E-state index in [0.717, 1.165) is 11.1 Å². The maximum absolute atomic E-state index is 12.6. The van der Waals surface area contributed by atoms with Crippen LogP contribution in [0.3, 0.4) is 0 Å². The van der Waals surface area contributed by atoms with Gasteiger partial charge in [0, 0.05) is 23.2 Å². The number of nitrogens with one attached hydrogen (secondary N) is 1. The lowest BCUT2D eigenvalue weighted by atomic mass is 10.1. The van der Waals surface area contributed by atoms with Gasteiger partial charge in [0.1, 0.15) is 0 Å². The van der Waals surface area contributed by atoms with Crippen molar-refractivity contribution >= 4 is 21.6 Å². The lowest BCUT2D eigenvalue weighted by molar-refractivity contribution is 0.244. The first-order chi connectivity index (χ1) is 13.8. The molecule has 0 amide bonds. The van der Waals surface area contributed by atoms with Crippen LogP contribution in [0.5, 0.6) is 0 Å². The third kappa shape index (κ3) is 4.35. The van der Waals surface area contributed by atoms with Gasteiger partial charge in [-0.1, -0.05) is 46.6 Å². The molecule has 1 aliphatic rings. The molecule has 9 heteroatoms. The van der Waals surface area contributed by atoms with Gasteiger partial charge in [-0.2, -0.15) is 4.98 Å². The zero-order valence-electron chi connectivity index (χ0n) is 16.0. The SMILES string of the molecule is Cc1ccc(-c2noc([C@@H]3C[C@H](NS(=O)(=O)c4ccc(Cl)cc4)CN3C)n2)cc1. The minimum Gasteiger partial charge on any atom is -0.337 e. The number of aromatic nitrogens is 2. The van der Waals surface area contributed by atoms with Crippen LogP contribution in [0.4, 0.5) is 0 Å². The van der Waals surface area contributed by atoms with Gasteiger partial charge in [0.05, 0.1) is 10.9 Å². The van der Waals surface area contributed by atoms with Crippen LogP contribution in [0.25, 0.3) is 11.4 Å². The average Bonchev–Trinajstić information content (AvgIpc) is 3.29. The van der Waals surface area contributed by atoms with Crippen molar-refractivity contribution < 1.29 is 12.9 Å². The molecule has 7 nitrogen and oxygen atoms in total. The minimum absolute atomic E-state index is 0.153. The third-order valence-electron chi connectivity index (χ3n) is 5.03. The van der Waals surface area contributed by atoms with E-state index >= 15 is 0 Å². The Morgan fingerprint density at radius 3 is 2.52 bits per heavy atom. The van der Waals surface area contributed by atoms with Crippen molar-refractivity contribution in [2.24, 2.45) is 0 Å². The van der Waals surface area contributed by atoms with Gasteiger partial charge in [0.15, 0.2) is 0 Å². The van der Waals surface area contributed by atoms with Crippen LogP contribution in [0.15, 0.2) is 57.9 Å². The minimum atomic E-state index is -3.63. The number of rotatable bonds is 5. The molecule has 1 N–H and O–H groups in total. The summed E-state index contributed by atoms with van der Waals surface area (Å²) in [6, 6.07) is 13.6. The fraction of sp³-hybridized carbons (Fsp3) is 0.300. The number of likely N-dealkylation sites (tertiary alicyclic amines) is 1. The summed E-state index contributed by atoms with van der Waals surface area (Å²) in [6.07, 6.45) is 0.541. The van der Waals surface area contributed by atoms with Gasteiger partial charge in [0.2, 0.25) is 21.7 Å². The van der Waals surface area contributed by atoms with Gasteiger partial charge in [0.25, 0.3) is 0 Å². The average molecular weight is 433 g/mol. The monoisotopic (exact) mass is 432 g/mol. The molecular formula is C20H21ClN4O3S. The van der Waals surface area contributed by atoms with E-state index in [2.05, 4.69) is 14.9 Å². The summed E-state index contributed by atoms with van der Waals surface area (Å²) in [6.45, 7) is 2.56. The van der Waals surface area contributed by atoms with Crippen LogP contribution in [-0.4, -0.2) is 43.1 Å². The highest BCUT2D eigenvalue weighted by Gasteiger charge is 2.36. The zero-order chi connectivity index (χ0) is 20.6. The Morgan fingerprint density at radius 2 is 1.83 bits per heavy atom. The fourth-order valence-corrected chi connectivity index (χ4v) is 4.83. The summed E-state index contributed by atoms with van der Waals surface area (Å²) in [5.74, 6) is 1.01. The van der Waals surface area contributed by atoms with Gasteiger partial charge >= 0.3 is 0 Å². The smallest absolute Gasteiger partial charge is 0.244 e. The molecule has 0 spiro atoms. The zero-order valence-corrected chi connectivity index (χ0v) is 17.6. The highest BCUT2D eigenvalue weighted by Crippen LogP contribution is 2.31. The number of halogens is 1. The van der Waals surface area contributed by atoms with E-state index in [9.17, 15) is 8.42 Å². The van der Waals surface area contributed by atoms with Crippen LogP contribution in [0.1, 0.15) is 23.9 Å². The molecule has 2 aromatic carbocycles. The summed E-state index contributed by atoms with van der Waals surface area (Å²) in [7, 11) is -1.72. The Bertz CT molecular complexity index is 1100. The molecule has 1 aromatic heterocycles. The standard InChI is InChI=1S/C20H21ClN4O3S/c1-13-3-5-14(6-4-13)19-22-20(28-23-19)18-11-16(12-25(18)2)24-29(26,27)17-9-7-15(21)8-10-17/h3-10,16,18,24H,11-12H2,1-2H3/t16-,18-/m0/s1. The number of likely N-dealkylation sites (N-methyl/N-ethyl adjacent to an activating group) is 1. The number of hydrogen-bond donors (Lipinski definition) is 1. The first-order valence-corrected chi connectivity index (χ1v) is 11.1. The number of benzene rings is 2. The summed E-state index contributed by atoms with van der Waals surface area (Å²) >= 11 is 5.85. The third-order valence-corrected chi connectivity index (χ3v) is 6.82. The summed E-state index contributed by atoms with van der Waals surface area (Å²) in [5, 5.41) is 4.58. The lowest BCUT2D eigenvalue weighted by Gasteiger charge is -2.14. The molecule has 152 valence electrons. The second-order valence-electron chi connectivity index (χ2n) is 7.29. The van der Waals surface area contributed by atoms with Crippen molar-refractivity contribution in [3.8, 4) is 11.4 Å². The molecule has 0 bridgehead atoms. The second-order valence-corrected chi connectivity index (χ2v) is 9.44. The fourth-order valence-electron chi connectivity index (χ4n) is 3.47. The van der Waals surface area contributed by atoms with E-state index in [0.29, 0.717) is 29.7 Å². The molecule has 2 atom stereocenters. The van der Waals surface area contributed by atoms with E-state index in [-0.39, 0.29) is 17.0 Å². The van der Waals surface area contributed by atoms with Crippen molar-refractivity contribution in [1.29, 1.82) is 0 Å². The number of nitrogens with zero attached hydrogens (tertiary/aromatic N) is 3. The highest BCUT2D eigenvalue weighted by molar-refractivity contribution is 7.89. The molecule has 1 fully saturated rings. The van der Waals surface area contributed by atoms with E-state index < -0.39 is 10.0 Å². The van der Waals surface area contributed by atoms with Crippen LogP contribution in [0, 0.1) is 6.92 Å². The molecular weight excluding hydrogens is 412 g/mol. The summed E-state index contributed by atoms with van der Waals surface area (Å²) < 4.78 is 33.5. The maximum Gasteiger partial charge on any atom is 0.244 e. The number of aryl methyl sites for hydroxylation is 1. The van der Waals surface area contributed by atoms with Gasteiger partial charge in [-0.15, -0.1) is 0 Å². The summed E-state index contributed by atoms with van der Waals surface area (Å²) in [5.41, 5.74) is 2.04. The quantitative estimate of drug-likeness (QED) is 0.664. The normalized spacial score (nSPS) is 20.2. The van der Waals surface area contributed by atoms with Crippen molar-refractivity contribution in [2.45, 2.75) is 30.3 Å². The lowest BCUT2D eigenvalue weighted by Crippen LogP contribution is -2.36. The van der Waals surface area contributed by atoms with Crippen LogP contribution in [0.2, 0.25) is 5.02 Å². The van der Waals surface area contributed by atoms with Crippen LogP contribution >= 0.6 is 11.6 Å². The molecule has 0 unspecified atom stereocenters. The Balaban J connectivity index is 1.47. The van der Waals surface area contributed by atoms with E-state index in [1.807, 2.05) is 43.1 Å². The Kier molecular flexibility index (Phi) is 5.44. The largest absolute Gasteiger partial charge is 0.337 e. The first-order valence-electron chi connectivity index (χ1n) is 9.20. The number of hydrogen-bond acceptors (Lipinski definition) is 6. The molecule has 29 heavy (non-hydrogen) atoms. The van der Waals surface area contributed by atoms with Gasteiger partial charge in [-0.25, -0.2) is 13.1 Å². The van der Waals surface area contributed by atoms with Crippen LogP contribution in [-0.2, 0) is 10.0 Å². The molecule has 0 aliphatic carbocycles. The van der Waals surface area contributed by atoms with Crippen molar-refractivity contribution in [2.75, 3.05) is 13.6 Å². The Hall–Kier alpha value is -2.26. The molecule has 3 aromatic rings. The van der Waals surface area contributed by atoms with E-state index in [4.69, 9.17) is 16.1 Å². The van der Waals surface area contributed by atoms with Gasteiger partial charge < -0.3 is 4.52 Å². The highest BCUT2D eigenvalue weighted by atomic mass is 35.5. The van der Waals surface area contributed by atoms with Gasteiger partial charge in [-0.3, -0.25) is 4.90 Å². The molecule has 4 rings (SSSR count). The predicted octanol–water partition coefficient (Wildman–Crippen LogP) is 3.42. The Labute approximate surface area is 174 Å². The summed E-state index contributed by atoms with van der Waals surface area (Å²) in [4.78, 5) is 6.73. The number of sulfonamides is 1.